The van der Waals surface area contributed by atoms with Crippen molar-refractivity contribution in [2.45, 2.75) is 79.0 Å². The van der Waals surface area contributed by atoms with Crippen molar-refractivity contribution in [3.8, 4) is 0 Å². The number of ether oxygens (including phenoxy) is 1. The summed E-state index contributed by atoms with van der Waals surface area (Å²) in [4.78, 5) is 28.4. The monoisotopic (exact) mass is 433 g/mol. The second-order valence-corrected chi connectivity index (χ2v) is 9.05. The normalized spacial score (nSPS) is 12.2. The summed E-state index contributed by atoms with van der Waals surface area (Å²) in [5, 5.41) is 12.2. The number of benzene rings is 1. The van der Waals surface area contributed by atoms with Crippen molar-refractivity contribution in [1.29, 1.82) is 0 Å². The van der Waals surface area contributed by atoms with E-state index in [2.05, 4.69) is 26.3 Å². The molecule has 0 heterocycles. The molecule has 0 aliphatic heterocycles. The lowest BCUT2D eigenvalue weighted by atomic mass is 10.1. The molecule has 1 aromatic rings. The lowest BCUT2D eigenvalue weighted by Gasteiger charge is -2.29. The molecule has 0 aromatic heterocycles. The largest absolute Gasteiger partial charge is 0.444 e. The van der Waals surface area contributed by atoms with Crippen molar-refractivity contribution in [2.24, 2.45) is 4.99 Å². The second-order valence-electron chi connectivity index (χ2n) is 9.05. The van der Waals surface area contributed by atoms with E-state index in [1.54, 1.807) is 0 Å². The molecule has 0 radical (unpaired) electrons. The van der Waals surface area contributed by atoms with Crippen molar-refractivity contribution in [3.63, 3.8) is 0 Å². The van der Waals surface area contributed by atoms with Gasteiger partial charge in [-0.1, -0.05) is 19.1 Å². The third-order valence-corrected chi connectivity index (χ3v) is 4.02. The molecule has 0 saturated heterocycles. The number of amides is 2. The van der Waals surface area contributed by atoms with Crippen LogP contribution in [0.3, 0.4) is 0 Å². The predicted octanol–water partition coefficient (Wildman–Crippen LogP) is 3.78. The lowest BCUT2D eigenvalue weighted by Crippen LogP contribution is -2.54. The number of carbonyl (C=O) groups is 2. The highest BCUT2D eigenvalue weighted by atomic mass is 16.6. The van der Waals surface area contributed by atoms with Gasteiger partial charge in [0.1, 0.15) is 5.60 Å². The maximum Gasteiger partial charge on any atom is 0.408 e. The fraction of sp³-hybridized carbons (Fsp3) is 0.609. The molecule has 0 aliphatic rings. The standard InChI is InChI=1S/C23H39N5O3/c1-8-10-19(29)27-18-13-11-17(12-14-18)15-25-20(24-9-2)26-16-23(6,7)28-21(30)31-22(3,4)5/h11-14H,8-10,15-16H2,1-7H3,(H,27,29)(H,28,30)(H2,24,25,26). The van der Waals surface area contributed by atoms with Crippen LogP contribution in [0, 0.1) is 0 Å². The van der Waals surface area contributed by atoms with Crippen LogP contribution in [0.5, 0.6) is 0 Å². The molecule has 8 heteroatoms. The molecule has 8 nitrogen and oxygen atoms in total. The molecule has 4 N–H and O–H groups in total. The predicted molar refractivity (Wildman–Crippen MR) is 126 cm³/mol. The number of rotatable bonds is 9. The van der Waals surface area contributed by atoms with E-state index in [1.165, 1.54) is 0 Å². The molecule has 0 bridgehead atoms. The Bertz CT molecular complexity index is 737. The number of anilines is 1. The molecular weight excluding hydrogens is 394 g/mol. The van der Waals surface area contributed by atoms with Crippen LogP contribution in [-0.4, -0.2) is 42.2 Å². The number of alkyl carbamates (subject to hydrolysis) is 1. The Balaban J connectivity index is 2.64. The van der Waals surface area contributed by atoms with Gasteiger partial charge in [-0.2, -0.15) is 0 Å². The average Bonchev–Trinajstić information content (AvgIpc) is 2.63. The highest BCUT2D eigenvalue weighted by molar-refractivity contribution is 5.90. The third kappa shape index (κ3) is 11.9. The van der Waals surface area contributed by atoms with Crippen molar-refractivity contribution in [3.05, 3.63) is 29.8 Å². The first-order chi connectivity index (χ1) is 14.4. The van der Waals surface area contributed by atoms with E-state index in [-0.39, 0.29) is 5.91 Å². The Kier molecular flexibility index (Phi) is 10.3. The molecule has 0 aliphatic carbocycles. The van der Waals surface area contributed by atoms with Gasteiger partial charge in [0.15, 0.2) is 5.96 Å². The van der Waals surface area contributed by atoms with Gasteiger partial charge in [0, 0.05) is 25.2 Å². The summed E-state index contributed by atoms with van der Waals surface area (Å²) >= 11 is 0. The number of hydrogen-bond acceptors (Lipinski definition) is 4. The Morgan fingerprint density at radius 3 is 2.19 bits per heavy atom. The van der Waals surface area contributed by atoms with E-state index >= 15 is 0 Å². The Morgan fingerprint density at radius 2 is 1.65 bits per heavy atom. The summed E-state index contributed by atoms with van der Waals surface area (Å²) in [6.07, 6.45) is 0.888. The Morgan fingerprint density at radius 1 is 1.00 bits per heavy atom. The molecule has 0 unspecified atom stereocenters. The molecule has 174 valence electrons. The first kappa shape index (κ1) is 26.3. The number of hydrogen-bond donors (Lipinski definition) is 4. The van der Waals surface area contributed by atoms with Crippen LogP contribution in [0.1, 0.15) is 66.9 Å². The van der Waals surface area contributed by atoms with E-state index < -0.39 is 17.2 Å². The SMILES string of the molecule is CCCC(=O)Nc1ccc(CN=C(NCC)NCC(C)(C)NC(=O)OC(C)(C)C)cc1. The molecule has 0 saturated carbocycles. The Labute approximate surface area is 186 Å². The number of nitrogens with zero attached hydrogens (tertiary/aromatic N) is 1. The number of guanidine groups is 1. The number of carbonyl (C=O) groups excluding carboxylic acids is 2. The molecule has 1 rings (SSSR count). The van der Waals surface area contributed by atoms with Crippen LogP contribution < -0.4 is 21.3 Å². The summed E-state index contributed by atoms with van der Waals surface area (Å²) in [7, 11) is 0. The zero-order chi connectivity index (χ0) is 23.5. The van der Waals surface area contributed by atoms with Gasteiger partial charge < -0.3 is 26.0 Å². The van der Waals surface area contributed by atoms with Crippen LogP contribution in [0.25, 0.3) is 0 Å². The second kappa shape index (κ2) is 12.2. The van der Waals surface area contributed by atoms with Gasteiger partial charge in [0.05, 0.1) is 12.1 Å². The van der Waals surface area contributed by atoms with E-state index in [1.807, 2.05) is 72.7 Å². The maximum absolute atomic E-state index is 12.1. The average molecular weight is 434 g/mol. The minimum atomic E-state index is -0.543. The summed E-state index contributed by atoms with van der Waals surface area (Å²) in [6, 6.07) is 7.66. The van der Waals surface area contributed by atoms with Crippen molar-refractivity contribution < 1.29 is 14.3 Å². The van der Waals surface area contributed by atoms with Crippen LogP contribution in [0.15, 0.2) is 29.3 Å². The molecule has 2 amide bonds. The fourth-order valence-corrected chi connectivity index (χ4v) is 2.58. The van der Waals surface area contributed by atoms with Gasteiger partial charge >= 0.3 is 6.09 Å². The maximum atomic E-state index is 12.1. The molecule has 1 aromatic carbocycles. The van der Waals surface area contributed by atoms with Crippen LogP contribution >= 0.6 is 0 Å². The van der Waals surface area contributed by atoms with E-state index in [9.17, 15) is 9.59 Å². The molecule has 0 atom stereocenters. The first-order valence-corrected chi connectivity index (χ1v) is 10.9. The quantitative estimate of drug-likeness (QED) is 0.350. The highest BCUT2D eigenvalue weighted by Crippen LogP contribution is 2.12. The minimum Gasteiger partial charge on any atom is -0.444 e. The van der Waals surface area contributed by atoms with Gasteiger partial charge in [0.2, 0.25) is 5.91 Å². The lowest BCUT2D eigenvalue weighted by molar-refractivity contribution is -0.116. The van der Waals surface area contributed by atoms with E-state index in [4.69, 9.17) is 4.74 Å². The van der Waals surface area contributed by atoms with Crippen molar-refractivity contribution in [2.75, 3.05) is 18.4 Å². The molecular formula is C23H39N5O3. The smallest absolute Gasteiger partial charge is 0.408 e. The Hall–Kier alpha value is -2.77. The van der Waals surface area contributed by atoms with E-state index in [0.717, 1.165) is 17.7 Å². The summed E-state index contributed by atoms with van der Waals surface area (Å²) < 4.78 is 5.33. The summed E-state index contributed by atoms with van der Waals surface area (Å²) in [5.41, 5.74) is 0.734. The minimum absolute atomic E-state index is 0.0227. The first-order valence-electron chi connectivity index (χ1n) is 10.9. The van der Waals surface area contributed by atoms with Crippen molar-refractivity contribution >= 4 is 23.6 Å². The van der Waals surface area contributed by atoms with Crippen LogP contribution in [0.4, 0.5) is 10.5 Å². The van der Waals surface area contributed by atoms with Crippen LogP contribution in [-0.2, 0) is 16.1 Å². The van der Waals surface area contributed by atoms with Gasteiger partial charge in [-0.25, -0.2) is 9.79 Å². The van der Waals surface area contributed by atoms with E-state index in [0.29, 0.717) is 32.0 Å². The summed E-state index contributed by atoms with van der Waals surface area (Å²) in [5.74, 6) is 0.677. The van der Waals surface area contributed by atoms with Crippen LogP contribution in [0.2, 0.25) is 0 Å². The van der Waals surface area contributed by atoms with Gasteiger partial charge in [-0.05, 0) is 65.7 Å². The van der Waals surface area contributed by atoms with Gasteiger partial charge in [-0.3, -0.25) is 4.79 Å². The topological polar surface area (TPSA) is 104 Å². The highest BCUT2D eigenvalue weighted by Gasteiger charge is 2.24. The zero-order valence-electron chi connectivity index (χ0n) is 20.0. The van der Waals surface area contributed by atoms with Gasteiger partial charge in [-0.15, -0.1) is 0 Å². The third-order valence-electron chi connectivity index (χ3n) is 4.02. The summed E-state index contributed by atoms with van der Waals surface area (Å²) in [6.45, 7) is 15.0. The molecule has 31 heavy (non-hydrogen) atoms. The fourth-order valence-electron chi connectivity index (χ4n) is 2.58. The van der Waals surface area contributed by atoms with Crippen molar-refractivity contribution in [1.82, 2.24) is 16.0 Å². The molecule has 0 spiro atoms. The van der Waals surface area contributed by atoms with Gasteiger partial charge in [0.25, 0.3) is 0 Å². The number of aliphatic imine (C=N–C) groups is 1. The molecule has 0 fully saturated rings. The number of nitrogens with one attached hydrogen (secondary N) is 4. The zero-order valence-corrected chi connectivity index (χ0v) is 20.0.